The van der Waals surface area contributed by atoms with Gasteiger partial charge in [-0.3, -0.25) is 4.79 Å². The monoisotopic (exact) mass is 471 g/mol. The van der Waals surface area contributed by atoms with E-state index in [0.717, 1.165) is 17.2 Å². The van der Waals surface area contributed by atoms with Crippen molar-refractivity contribution >= 4 is 17.7 Å². The van der Waals surface area contributed by atoms with Gasteiger partial charge in [0.25, 0.3) is 0 Å². The maximum atomic E-state index is 13.5. The van der Waals surface area contributed by atoms with Gasteiger partial charge in [0.15, 0.2) is 0 Å². The maximum absolute atomic E-state index is 13.5. The number of aromatic nitrogens is 2. The molecule has 178 valence electrons. The Bertz CT molecular complexity index is 1180. The molecular weight excluding hydrogens is 447 g/mol. The molecule has 2 heterocycles. The fraction of sp³-hybridized carbons (Fsp3) is 0.292. The summed E-state index contributed by atoms with van der Waals surface area (Å²) in [6, 6.07) is 13.6. The summed E-state index contributed by atoms with van der Waals surface area (Å²) >= 11 is 0. The number of nitrogen functional groups attached to an aromatic ring is 1. The molecule has 1 saturated heterocycles. The fourth-order valence-corrected chi connectivity index (χ4v) is 4.25. The van der Waals surface area contributed by atoms with Gasteiger partial charge >= 0.3 is 12.1 Å². The van der Waals surface area contributed by atoms with Crippen LogP contribution in [0, 0.1) is 0 Å². The molecule has 7 nitrogen and oxygen atoms in total. The van der Waals surface area contributed by atoms with Crippen LogP contribution in [0.25, 0.3) is 11.3 Å². The van der Waals surface area contributed by atoms with E-state index in [4.69, 9.17) is 16.6 Å². The molecule has 2 aromatic carbocycles. The summed E-state index contributed by atoms with van der Waals surface area (Å²) in [5, 5.41) is 8.97. The lowest BCUT2D eigenvalue weighted by atomic mass is 9.93. The van der Waals surface area contributed by atoms with Crippen LogP contribution in [-0.4, -0.2) is 40.2 Å². The van der Waals surface area contributed by atoms with Crippen LogP contribution >= 0.6 is 0 Å². The lowest BCUT2D eigenvalue weighted by Crippen LogP contribution is -2.32. The Balaban J connectivity index is 1.54. The molecule has 0 spiro atoms. The first-order valence-electron chi connectivity index (χ1n) is 10.7. The van der Waals surface area contributed by atoms with Crippen LogP contribution in [-0.2, 0) is 17.4 Å². The Labute approximate surface area is 194 Å². The Kier molecular flexibility index (Phi) is 6.43. The second-order valence-corrected chi connectivity index (χ2v) is 8.33. The van der Waals surface area contributed by atoms with E-state index in [9.17, 15) is 18.0 Å². The van der Waals surface area contributed by atoms with Crippen LogP contribution in [0.5, 0.6) is 0 Å². The molecule has 3 aromatic rings. The largest absolute Gasteiger partial charge is 0.480 e. The molecule has 10 heteroatoms. The van der Waals surface area contributed by atoms with Gasteiger partial charge < -0.3 is 21.5 Å². The zero-order valence-electron chi connectivity index (χ0n) is 18.2. The predicted octanol–water partition coefficient (Wildman–Crippen LogP) is 3.69. The van der Waals surface area contributed by atoms with Gasteiger partial charge in [0.05, 0.1) is 11.3 Å². The summed E-state index contributed by atoms with van der Waals surface area (Å²) in [4.78, 5) is 21.5. The molecule has 2 unspecified atom stereocenters. The van der Waals surface area contributed by atoms with Crippen molar-refractivity contribution in [3.63, 3.8) is 0 Å². The minimum atomic E-state index is -4.41. The molecule has 1 aliphatic heterocycles. The molecule has 0 amide bonds. The molecule has 34 heavy (non-hydrogen) atoms. The first-order chi connectivity index (χ1) is 16.1. The van der Waals surface area contributed by atoms with Crippen molar-refractivity contribution in [2.45, 2.75) is 31.0 Å². The average Bonchev–Trinajstić information content (AvgIpc) is 3.29. The topological polar surface area (TPSA) is 118 Å². The maximum Gasteiger partial charge on any atom is 0.416 e. The molecule has 0 saturated carbocycles. The van der Waals surface area contributed by atoms with E-state index in [1.54, 1.807) is 36.4 Å². The summed E-state index contributed by atoms with van der Waals surface area (Å²) in [5.41, 5.74) is 13.3. The predicted molar refractivity (Wildman–Crippen MR) is 122 cm³/mol. The van der Waals surface area contributed by atoms with E-state index >= 15 is 0 Å². The number of nitrogens with zero attached hydrogens (tertiary/aromatic N) is 3. The van der Waals surface area contributed by atoms with Crippen molar-refractivity contribution in [3.8, 4) is 11.3 Å². The molecule has 1 aliphatic rings. The van der Waals surface area contributed by atoms with Crippen molar-refractivity contribution in [2.75, 3.05) is 23.7 Å². The van der Waals surface area contributed by atoms with Gasteiger partial charge in [0.2, 0.25) is 5.95 Å². The quantitative estimate of drug-likeness (QED) is 0.502. The van der Waals surface area contributed by atoms with Crippen LogP contribution in [0.3, 0.4) is 0 Å². The van der Waals surface area contributed by atoms with E-state index in [1.807, 2.05) is 4.90 Å². The number of carboxylic acids is 1. The molecule has 1 aromatic heterocycles. The minimum absolute atomic E-state index is 0.0589. The Hall–Kier alpha value is -3.66. The van der Waals surface area contributed by atoms with E-state index in [1.165, 1.54) is 12.1 Å². The van der Waals surface area contributed by atoms with E-state index in [0.29, 0.717) is 31.0 Å². The van der Waals surface area contributed by atoms with Gasteiger partial charge in [-0.15, -0.1) is 0 Å². The number of anilines is 2. The second-order valence-electron chi connectivity index (χ2n) is 8.33. The zero-order chi connectivity index (χ0) is 24.5. The summed E-state index contributed by atoms with van der Waals surface area (Å²) in [6.45, 7) is 0.924. The lowest BCUT2D eigenvalue weighted by molar-refractivity contribution is -0.139. The summed E-state index contributed by atoms with van der Waals surface area (Å²) < 4.78 is 40.4. The number of carbonyl (C=O) groups is 1. The third-order valence-corrected chi connectivity index (χ3v) is 5.97. The smallest absolute Gasteiger partial charge is 0.416 e. The summed E-state index contributed by atoms with van der Waals surface area (Å²) in [6.07, 6.45) is -3.65. The molecule has 0 radical (unpaired) electrons. The third-order valence-electron chi connectivity index (χ3n) is 5.97. The van der Waals surface area contributed by atoms with Gasteiger partial charge in [-0.25, -0.2) is 4.98 Å². The van der Waals surface area contributed by atoms with Crippen molar-refractivity contribution < 1.29 is 23.1 Å². The van der Waals surface area contributed by atoms with Gasteiger partial charge in [-0.2, -0.15) is 18.2 Å². The average molecular weight is 471 g/mol. The molecular formula is C24H24F3N5O2. The summed E-state index contributed by atoms with van der Waals surface area (Å²) in [5.74, 6) is -0.746. The van der Waals surface area contributed by atoms with Crippen molar-refractivity contribution in [2.24, 2.45) is 5.73 Å². The highest BCUT2D eigenvalue weighted by Crippen LogP contribution is 2.39. The molecule has 2 atom stereocenters. The minimum Gasteiger partial charge on any atom is -0.480 e. The Morgan fingerprint density at radius 3 is 2.53 bits per heavy atom. The van der Waals surface area contributed by atoms with E-state index in [2.05, 4.69) is 9.97 Å². The normalized spacial score (nSPS) is 17.1. The Morgan fingerprint density at radius 2 is 1.85 bits per heavy atom. The van der Waals surface area contributed by atoms with E-state index < -0.39 is 23.8 Å². The van der Waals surface area contributed by atoms with Crippen LogP contribution in [0.1, 0.15) is 29.0 Å². The van der Waals surface area contributed by atoms with Gasteiger partial charge in [-0.1, -0.05) is 42.5 Å². The van der Waals surface area contributed by atoms with Crippen molar-refractivity contribution in [1.82, 2.24) is 9.97 Å². The number of benzene rings is 2. The SMILES string of the molecule is Nc1nc(-c2ccc(CC(N)C(=O)O)cc2)cc(N2CCC(c3ccccc3C(F)(F)F)C2)n1. The highest BCUT2D eigenvalue weighted by atomic mass is 19.4. The number of carboxylic acid groups (broad SMARTS) is 1. The number of halogens is 3. The van der Waals surface area contributed by atoms with Gasteiger partial charge in [0, 0.05) is 30.6 Å². The number of hydrogen-bond acceptors (Lipinski definition) is 6. The number of aliphatic carboxylic acids is 1. The molecule has 1 fully saturated rings. The number of hydrogen-bond donors (Lipinski definition) is 3. The first kappa shape index (κ1) is 23.5. The van der Waals surface area contributed by atoms with Crippen LogP contribution in [0.2, 0.25) is 0 Å². The number of rotatable bonds is 6. The number of nitrogens with two attached hydrogens (primary N) is 2. The lowest BCUT2D eigenvalue weighted by Gasteiger charge is -2.20. The summed E-state index contributed by atoms with van der Waals surface area (Å²) in [7, 11) is 0. The van der Waals surface area contributed by atoms with Crippen LogP contribution < -0.4 is 16.4 Å². The zero-order valence-corrected chi connectivity index (χ0v) is 18.2. The molecule has 0 aliphatic carbocycles. The highest BCUT2D eigenvalue weighted by molar-refractivity contribution is 5.73. The van der Waals surface area contributed by atoms with Crippen LogP contribution in [0.15, 0.2) is 54.6 Å². The van der Waals surface area contributed by atoms with Gasteiger partial charge in [-0.05, 0) is 30.0 Å². The van der Waals surface area contributed by atoms with E-state index in [-0.39, 0.29) is 23.9 Å². The highest BCUT2D eigenvalue weighted by Gasteiger charge is 2.37. The number of alkyl halides is 3. The van der Waals surface area contributed by atoms with Crippen molar-refractivity contribution in [1.29, 1.82) is 0 Å². The van der Waals surface area contributed by atoms with Gasteiger partial charge in [0.1, 0.15) is 11.9 Å². The second kappa shape index (κ2) is 9.30. The standard InChI is InChI=1S/C24H24F3N5O2/c25-24(26,27)18-4-2-1-3-17(18)16-9-10-32(13-16)21-12-20(30-23(29)31-21)15-7-5-14(6-8-15)11-19(28)22(33)34/h1-8,12,16,19H,9-11,13,28H2,(H,33,34)(H2,29,30,31). The van der Waals surface area contributed by atoms with Crippen molar-refractivity contribution in [3.05, 3.63) is 71.3 Å². The molecule has 4 rings (SSSR count). The molecule has 5 N–H and O–H groups in total. The third kappa shape index (κ3) is 5.12. The Morgan fingerprint density at radius 1 is 1.15 bits per heavy atom. The first-order valence-corrected chi connectivity index (χ1v) is 10.7. The van der Waals surface area contributed by atoms with Crippen LogP contribution in [0.4, 0.5) is 24.9 Å². The molecule has 0 bridgehead atoms. The fourth-order valence-electron chi connectivity index (χ4n) is 4.25.